The Morgan fingerprint density at radius 3 is 2.73 bits per heavy atom. The second-order valence-electron chi connectivity index (χ2n) is 8.98. The third-order valence-electron chi connectivity index (χ3n) is 7.11. The number of hydrogen-bond donors (Lipinski definition) is 1. The molecule has 1 aliphatic carbocycles. The Morgan fingerprint density at radius 1 is 1.20 bits per heavy atom. The molecule has 1 saturated heterocycles. The fourth-order valence-corrected chi connectivity index (χ4v) is 5.44. The molecule has 4 rings (SSSR count). The number of ether oxygens (including phenoxy) is 1. The summed E-state index contributed by atoms with van der Waals surface area (Å²) in [7, 11) is 1.67. The number of aliphatic imine (C=N–C) groups is 1. The van der Waals surface area contributed by atoms with E-state index >= 15 is 0 Å². The van der Waals surface area contributed by atoms with E-state index in [1.165, 1.54) is 5.56 Å². The Morgan fingerprint density at radius 2 is 2.00 bits per heavy atom. The van der Waals surface area contributed by atoms with Gasteiger partial charge in [-0.3, -0.25) is 14.6 Å². The van der Waals surface area contributed by atoms with Crippen molar-refractivity contribution in [2.24, 2.45) is 22.7 Å². The van der Waals surface area contributed by atoms with Crippen molar-refractivity contribution in [1.82, 2.24) is 4.90 Å². The monoisotopic (exact) mass is 412 g/mol. The number of carbonyl (C=O) groups excluding carboxylic acids is 1. The number of likely N-dealkylation sites (tertiary alicyclic amines) is 1. The highest BCUT2D eigenvalue weighted by molar-refractivity contribution is 6.03. The zero-order valence-corrected chi connectivity index (χ0v) is 17.8. The number of aliphatic carboxylic acids is 1. The van der Waals surface area contributed by atoms with E-state index in [1.807, 2.05) is 11.0 Å². The van der Waals surface area contributed by atoms with Crippen LogP contribution in [0.3, 0.4) is 0 Å². The fraction of sp³-hybridized carbons (Fsp3) is 0.625. The van der Waals surface area contributed by atoms with Crippen molar-refractivity contribution in [3.8, 4) is 5.75 Å². The standard InChI is InChI=1S/C24H32N2O4/c1-30-20-6-7-21-18(12-20)8-10-25-22(21)13-19-15-26(11-9-17(19)14-23(27)28)24(29)16-4-2-3-5-16/h6-7,12,16-17,19H,2-5,8-11,13-15H2,1H3,(H,27,28). The molecule has 6 heteroatoms. The summed E-state index contributed by atoms with van der Waals surface area (Å²) in [6.45, 7) is 2.08. The second-order valence-corrected chi connectivity index (χ2v) is 8.98. The lowest BCUT2D eigenvalue weighted by Gasteiger charge is -2.39. The fourth-order valence-electron chi connectivity index (χ4n) is 5.44. The molecule has 0 bridgehead atoms. The Kier molecular flexibility index (Phi) is 6.40. The first kappa shape index (κ1) is 20.9. The number of carboxylic acids is 1. The zero-order chi connectivity index (χ0) is 21.1. The summed E-state index contributed by atoms with van der Waals surface area (Å²) in [6.07, 6.45) is 6.84. The van der Waals surface area contributed by atoms with E-state index in [9.17, 15) is 14.7 Å². The lowest BCUT2D eigenvalue weighted by atomic mass is 9.78. The average molecular weight is 413 g/mol. The summed E-state index contributed by atoms with van der Waals surface area (Å²) in [5, 5.41) is 9.43. The van der Waals surface area contributed by atoms with Crippen molar-refractivity contribution in [2.75, 3.05) is 26.7 Å². The molecule has 2 heterocycles. The van der Waals surface area contributed by atoms with Gasteiger partial charge in [0.15, 0.2) is 0 Å². The van der Waals surface area contributed by atoms with Gasteiger partial charge in [-0.15, -0.1) is 0 Å². The number of piperidine rings is 1. The van der Waals surface area contributed by atoms with Crippen LogP contribution in [0.4, 0.5) is 0 Å². The van der Waals surface area contributed by atoms with Crippen LogP contribution in [0, 0.1) is 17.8 Å². The number of fused-ring (bicyclic) bond motifs is 1. The van der Waals surface area contributed by atoms with Gasteiger partial charge in [0.05, 0.1) is 7.11 Å². The van der Waals surface area contributed by atoms with Crippen LogP contribution in [0.1, 0.15) is 56.1 Å². The number of hydrogen-bond acceptors (Lipinski definition) is 4. The van der Waals surface area contributed by atoms with E-state index in [2.05, 4.69) is 12.1 Å². The maximum atomic E-state index is 13.0. The van der Waals surface area contributed by atoms with E-state index < -0.39 is 5.97 Å². The molecule has 2 fully saturated rings. The van der Waals surface area contributed by atoms with Gasteiger partial charge >= 0.3 is 5.97 Å². The van der Waals surface area contributed by atoms with Gasteiger partial charge in [0, 0.05) is 37.7 Å². The first-order valence-electron chi connectivity index (χ1n) is 11.3. The minimum absolute atomic E-state index is 0.0847. The maximum Gasteiger partial charge on any atom is 0.303 e. The van der Waals surface area contributed by atoms with Crippen LogP contribution >= 0.6 is 0 Å². The number of methoxy groups -OCH3 is 1. The van der Waals surface area contributed by atoms with Crippen LogP contribution in [0.2, 0.25) is 0 Å². The topological polar surface area (TPSA) is 79.2 Å². The highest BCUT2D eigenvalue weighted by Crippen LogP contribution is 2.35. The van der Waals surface area contributed by atoms with Gasteiger partial charge in [-0.05, 0) is 73.3 Å². The van der Waals surface area contributed by atoms with E-state index in [0.717, 1.165) is 68.5 Å². The smallest absolute Gasteiger partial charge is 0.303 e. The number of carboxylic acid groups (broad SMARTS) is 1. The molecule has 1 saturated carbocycles. The van der Waals surface area contributed by atoms with E-state index in [0.29, 0.717) is 13.1 Å². The van der Waals surface area contributed by atoms with Crippen LogP contribution in [0.25, 0.3) is 0 Å². The van der Waals surface area contributed by atoms with Crippen molar-refractivity contribution in [3.63, 3.8) is 0 Å². The molecular weight excluding hydrogens is 380 g/mol. The van der Waals surface area contributed by atoms with Crippen LogP contribution in [-0.4, -0.2) is 54.3 Å². The summed E-state index contributed by atoms with van der Waals surface area (Å²) >= 11 is 0. The Hall–Kier alpha value is -2.37. The predicted octanol–water partition coefficient (Wildman–Crippen LogP) is 3.56. The van der Waals surface area contributed by atoms with Crippen molar-refractivity contribution in [3.05, 3.63) is 29.3 Å². The Bertz CT molecular complexity index is 828. The molecule has 1 aromatic carbocycles. The lowest BCUT2D eigenvalue weighted by molar-refractivity contribution is -0.141. The third-order valence-corrected chi connectivity index (χ3v) is 7.11. The molecule has 0 spiro atoms. The van der Waals surface area contributed by atoms with E-state index in [4.69, 9.17) is 9.73 Å². The number of nitrogens with zero attached hydrogens (tertiary/aromatic N) is 2. The van der Waals surface area contributed by atoms with Gasteiger partial charge in [-0.1, -0.05) is 12.8 Å². The van der Waals surface area contributed by atoms with Crippen molar-refractivity contribution >= 4 is 17.6 Å². The highest BCUT2D eigenvalue weighted by Gasteiger charge is 2.36. The number of amides is 1. The molecule has 1 N–H and O–H groups in total. The van der Waals surface area contributed by atoms with Crippen molar-refractivity contribution < 1.29 is 19.4 Å². The first-order chi connectivity index (χ1) is 14.5. The second kappa shape index (κ2) is 9.19. The predicted molar refractivity (Wildman–Crippen MR) is 115 cm³/mol. The van der Waals surface area contributed by atoms with Gasteiger partial charge in [-0.25, -0.2) is 0 Å². The zero-order valence-electron chi connectivity index (χ0n) is 17.8. The van der Waals surface area contributed by atoms with Crippen LogP contribution in [-0.2, 0) is 16.0 Å². The summed E-state index contributed by atoms with van der Waals surface area (Å²) in [4.78, 5) is 31.3. The van der Waals surface area contributed by atoms with Gasteiger partial charge in [-0.2, -0.15) is 0 Å². The molecule has 1 amide bonds. The number of benzene rings is 1. The van der Waals surface area contributed by atoms with E-state index in [1.54, 1.807) is 7.11 Å². The van der Waals surface area contributed by atoms with Gasteiger partial charge in [0.25, 0.3) is 0 Å². The van der Waals surface area contributed by atoms with E-state index in [-0.39, 0.29) is 30.1 Å². The maximum absolute atomic E-state index is 13.0. The van der Waals surface area contributed by atoms with Crippen LogP contribution in [0.15, 0.2) is 23.2 Å². The minimum Gasteiger partial charge on any atom is -0.497 e. The minimum atomic E-state index is -0.753. The van der Waals surface area contributed by atoms with Gasteiger partial charge < -0.3 is 14.7 Å². The molecule has 3 aliphatic rings. The molecule has 1 aromatic rings. The van der Waals surface area contributed by atoms with Gasteiger partial charge in [0.1, 0.15) is 5.75 Å². The number of rotatable bonds is 6. The van der Waals surface area contributed by atoms with Gasteiger partial charge in [0.2, 0.25) is 5.91 Å². The average Bonchev–Trinajstić information content (AvgIpc) is 3.29. The molecule has 2 aliphatic heterocycles. The summed E-state index contributed by atoms with van der Waals surface area (Å²) in [5.74, 6) is 0.762. The van der Waals surface area contributed by atoms with Crippen LogP contribution < -0.4 is 4.74 Å². The molecule has 162 valence electrons. The molecule has 2 unspecified atom stereocenters. The Labute approximate surface area is 178 Å². The Balaban J connectivity index is 1.52. The number of carbonyl (C=O) groups is 2. The summed E-state index contributed by atoms with van der Waals surface area (Å²) in [5.41, 5.74) is 3.44. The van der Waals surface area contributed by atoms with Crippen LogP contribution in [0.5, 0.6) is 5.75 Å². The molecular formula is C24H32N2O4. The quantitative estimate of drug-likeness (QED) is 0.775. The SMILES string of the molecule is COc1ccc2c(c1)CCN=C2CC1CN(C(=O)C2CCCC2)CCC1CC(=O)O. The largest absolute Gasteiger partial charge is 0.497 e. The molecule has 30 heavy (non-hydrogen) atoms. The summed E-state index contributed by atoms with van der Waals surface area (Å²) in [6, 6.07) is 6.11. The van der Waals surface area contributed by atoms with Crippen molar-refractivity contribution in [1.29, 1.82) is 0 Å². The lowest BCUT2D eigenvalue weighted by Crippen LogP contribution is -2.46. The molecule has 2 atom stereocenters. The highest BCUT2D eigenvalue weighted by atomic mass is 16.5. The third kappa shape index (κ3) is 4.52. The molecule has 0 aromatic heterocycles. The summed E-state index contributed by atoms with van der Waals surface area (Å²) < 4.78 is 5.37. The first-order valence-corrected chi connectivity index (χ1v) is 11.3. The molecule has 0 radical (unpaired) electrons. The molecule has 6 nitrogen and oxygen atoms in total. The normalized spacial score (nSPS) is 24.3. The van der Waals surface area contributed by atoms with Crippen molar-refractivity contribution in [2.45, 2.75) is 51.4 Å².